The Hall–Kier alpha value is -1.93. The molecule has 1 atom stereocenters. The van der Waals surface area contributed by atoms with Gasteiger partial charge in [0.15, 0.2) is 11.5 Å². The molecule has 1 aromatic rings. The van der Waals surface area contributed by atoms with Crippen LogP contribution in [-0.2, 0) is 0 Å². The number of nitrogens with one attached hydrogen (secondary N) is 1. The third-order valence-electron chi connectivity index (χ3n) is 4.75. The van der Waals surface area contributed by atoms with Crippen molar-refractivity contribution in [3.63, 3.8) is 0 Å². The topological polar surface area (TPSA) is 54.0 Å². The molecule has 1 amide bonds. The van der Waals surface area contributed by atoms with Crippen LogP contribution in [0.1, 0.15) is 16.8 Å². The Morgan fingerprint density at radius 2 is 2.00 bits per heavy atom. The SMILES string of the molecule is COc1cc(C(=O)N2CCC(N3CCNCC3)C2)ccc1OC(F)F. The standard InChI is InChI=1S/C17H23F2N3O3/c1-24-15-10-12(2-3-14(15)25-17(18)19)16(23)22-7-4-13(11-22)21-8-5-20-6-9-21/h2-3,10,13,17,20H,4-9,11H2,1H3. The van der Waals surface area contributed by atoms with Crippen LogP contribution in [0.3, 0.4) is 0 Å². The molecule has 8 heteroatoms. The number of likely N-dealkylation sites (tertiary alicyclic amines) is 1. The molecule has 0 aliphatic carbocycles. The van der Waals surface area contributed by atoms with E-state index < -0.39 is 6.61 Å². The Bertz CT molecular complexity index is 609. The van der Waals surface area contributed by atoms with Crippen LogP contribution in [0.2, 0.25) is 0 Å². The molecule has 0 radical (unpaired) electrons. The number of piperazine rings is 1. The van der Waals surface area contributed by atoms with Crippen molar-refractivity contribution in [3.05, 3.63) is 23.8 Å². The van der Waals surface area contributed by atoms with Crippen molar-refractivity contribution in [1.82, 2.24) is 15.1 Å². The number of carbonyl (C=O) groups excluding carboxylic acids is 1. The van der Waals surface area contributed by atoms with Gasteiger partial charge in [-0.05, 0) is 24.6 Å². The summed E-state index contributed by atoms with van der Waals surface area (Å²) in [6, 6.07) is 4.69. The number of amides is 1. The molecule has 0 aromatic heterocycles. The van der Waals surface area contributed by atoms with Crippen LogP contribution in [0.25, 0.3) is 0 Å². The zero-order valence-electron chi connectivity index (χ0n) is 14.2. The lowest BCUT2D eigenvalue weighted by Crippen LogP contribution is -2.49. The van der Waals surface area contributed by atoms with E-state index in [2.05, 4.69) is 15.0 Å². The maximum Gasteiger partial charge on any atom is 0.387 e. The number of hydrogen-bond donors (Lipinski definition) is 1. The highest BCUT2D eigenvalue weighted by Crippen LogP contribution is 2.30. The number of rotatable bonds is 5. The van der Waals surface area contributed by atoms with Crippen molar-refractivity contribution in [3.8, 4) is 11.5 Å². The molecule has 2 aliphatic rings. The summed E-state index contributed by atoms with van der Waals surface area (Å²) >= 11 is 0. The van der Waals surface area contributed by atoms with Gasteiger partial charge in [0.25, 0.3) is 5.91 Å². The Morgan fingerprint density at radius 3 is 2.68 bits per heavy atom. The first kappa shape index (κ1) is 17.9. The minimum Gasteiger partial charge on any atom is -0.493 e. The summed E-state index contributed by atoms with van der Waals surface area (Å²) in [5.41, 5.74) is 0.416. The maximum absolute atomic E-state index is 12.7. The van der Waals surface area contributed by atoms with Gasteiger partial charge in [-0.15, -0.1) is 0 Å². The average molecular weight is 355 g/mol. The number of benzene rings is 1. The predicted octanol–water partition coefficient (Wildman–Crippen LogP) is 1.42. The van der Waals surface area contributed by atoms with E-state index in [0.29, 0.717) is 24.7 Å². The third-order valence-corrected chi connectivity index (χ3v) is 4.75. The van der Waals surface area contributed by atoms with E-state index in [-0.39, 0.29) is 17.4 Å². The minimum absolute atomic E-state index is 0.0748. The van der Waals surface area contributed by atoms with E-state index in [1.807, 2.05) is 4.90 Å². The maximum atomic E-state index is 12.7. The van der Waals surface area contributed by atoms with Gasteiger partial charge in [-0.2, -0.15) is 8.78 Å². The molecule has 1 unspecified atom stereocenters. The molecule has 0 saturated carbocycles. The van der Waals surface area contributed by atoms with E-state index in [1.54, 1.807) is 0 Å². The van der Waals surface area contributed by atoms with Crippen LogP contribution in [0.5, 0.6) is 11.5 Å². The minimum atomic E-state index is -2.94. The Labute approximate surface area is 145 Å². The predicted molar refractivity (Wildman–Crippen MR) is 88.4 cm³/mol. The molecular formula is C17H23F2N3O3. The number of nitrogens with zero attached hydrogens (tertiary/aromatic N) is 2. The van der Waals surface area contributed by atoms with Gasteiger partial charge in [0.05, 0.1) is 7.11 Å². The molecular weight excluding hydrogens is 332 g/mol. The second kappa shape index (κ2) is 7.97. The summed E-state index contributed by atoms with van der Waals surface area (Å²) in [5, 5.41) is 3.33. The number of halogens is 2. The Morgan fingerprint density at radius 1 is 1.24 bits per heavy atom. The average Bonchev–Trinajstić information content (AvgIpc) is 3.12. The van der Waals surface area contributed by atoms with E-state index >= 15 is 0 Å². The molecule has 1 N–H and O–H groups in total. The fourth-order valence-corrected chi connectivity index (χ4v) is 3.45. The quantitative estimate of drug-likeness (QED) is 0.866. The number of hydrogen-bond acceptors (Lipinski definition) is 5. The van der Waals surface area contributed by atoms with Gasteiger partial charge in [0.2, 0.25) is 0 Å². The van der Waals surface area contributed by atoms with Crippen molar-refractivity contribution in [2.45, 2.75) is 19.1 Å². The molecule has 1 aromatic carbocycles. The van der Waals surface area contributed by atoms with E-state index in [1.165, 1.54) is 25.3 Å². The lowest BCUT2D eigenvalue weighted by atomic mass is 10.1. The summed E-state index contributed by atoms with van der Waals surface area (Å²) in [7, 11) is 1.36. The summed E-state index contributed by atoms with van der Waals surface area (Å²) in [5.74, 6) is -0.0577. The van der Waals surface area contributed by atoms with Crippen molar-refractivity contribution in [2.24, 2.45) is 0 Å². The lowest BCUT2D eigenvalue weighted by molar-refractivity contribution is -0.0512. The highest BCUT2D eigenvalue weighted by molar-refractivity contribution is 5.95. The lowest BCUT2D eigenvalue weighted by Gasteiger charge is -2.32. The highest BCUT2D eigenvalue weighted by Gasteiger charge is 2.31. The summed E-state index contributed by atoms with van der Waals surface area (Å²) in [4.78, 5) is 17.0. The van der Waals surface area contributed by atoms with Gasteiger partial charge < -0.3 is 19.7 Å². The van der Waals surface area contributed by atoms with Crippen LogP contribution >= 0.6 is 0 Å². The number of methoxy groups -OCH3 is 1. The van der Waals surface area contributed by atoms with E-state index in [4.69, 9.17) is 4.74 Å². The Balaban J connectivity index is 1.66. The molecule has 3 rings (SSSR count). The van der Waals surface area contributed by atoms with Gasteiger partial charge in [0.1, 0.15) is 0 Å². The van der Waals surface area contributed by atoms with Gasteiger partial charge in [0, 0.05) is 50.9 Å². The van der Waals surface area contributed by atoms with Gasteiger partial charge in [-0.3, -0.25) is 9.69 Å². The first-order valence-electron chi connectivity index (χ1n) is 8.45. The first-order chi connectivity index (χ1) is 12.1. The second-order valence-corrected chi connectivity index (χ2v) is 6.22. The molecule has 0 spiro atoms. The second-order valence-electron chi connectivity index (χ2n) is 6.22. The van der Waals surface area contributed by atoms with Crippen LogP contribution in [0, 0.1) is 0 Å². The molecule has 2 aliphatic heterocycles. The van der Waals surface area contributed by atoms with Crippen LogP contribution in [0.15, 0.2) is 18.2 Å². The zero-order chi connectivity index (χ0) is 17.8. The van der Waals surface area contributed by atoms with Crippen molar-refractivity contribution in [1.29, 1.82) is 0 Å². The van der Waals surface area contributed by atoms with Crippen LogP contribution in [0.4, 0.5) is 8.78 Å². The van der Waals surface area contributed by atoms with Gasteiger partial charge in [-0.1, -0.05) is 0 Å². The van der Waals surface area contributed by atoms with E-state index in [0.717, 1.165) is 32.6 Å². The number of alkyl halides is 2. The first-order valence-corrected chi connectivity index (χ1v) is 8.45. The monoisotopic (exact) mass is 355 g/mol. The number of carbonyl (C=O) groups is 1. The molecule has 2 fully saturated rings. The van der Waals surface area contributed by atoms with Gasteiger partial charge in [-0.25, -0.2) is 0 Å². The molecule has 25 heavy (non-hydrogen) atoms. The molecule has 2 heterocycles. The summed E-state index contributed by atoms with van der Waals surface area (Å²) in [6.07, 6.45) is 0.954. The normalized spacial score (nSPS) is 21.6. The zero-order valence-corrected chi connectivity index (χ0v) is 14.2. The van der Waals surface area contributed by atoms with Crippen molar-refractivity contribution in [2.75, 3.05) is 46.4 Å². The summed E-state index contributed by atoms with van der Waals surface area (Å²) < 4.78 is 34.3. The van der Waals surface area contributed by atoms with Crippen LogP contribution < -0.4 is 14.8 Å². The number of ether oxygens (including phenoxy) is 2. The summed E-state index contributed by atoms with van der Waals surface area (Å²) in [6.45, 7) is 2.41. The smallest absolute Gasteiger partial charge is 0.387 e. The van der Waals surface area contributed by atoms with Gasteiger partial charge >= 0.3 is 6.61 Å². The molecule has 138 valence electrons. The fraction of sp³-hybridized carbons (Fsp3) is 0.588. The molecule has 2 saturated heterocycles. The van der Waals surface area contributed by atoms with Crippen molar-refractivity contribution < 1.29 is 23.0 Å². The van der Waals surface area contributed by atoms with E-state index in [9.17, 15) is 13.6 Å². The third kappa shape index (κ3) is 4.19. The highest BCUT2D eigenvalue weighted by atomic mass is 19.3. The molecule has 0 bridgehead atoms. The molecule has 6 nitrogen and oxygen atoms in total. The largest absolute Gasteiger partial charge is 0.493 e. The van der Waals surface area contributed by atoms with Crippen molar-refractivity contribution >= 4 is 5.91 Å². The van der Waals surface area contributed by atoms with Crippen LogP contribution in [-0.4, -0.2) is 74.7 Å². The fourth-order valence-electron chi connectivity index (χ4n) is 3.45. The Kier molecular flexibility index (Phi) is 5.70.